The molecule has 4 heterocycles. The average molecular weight is 665 g/mol. The summed E-state index contributed by atoms with van der Waals surface area (Å²) < 4.78 is 51.1. The highest BCUT2D eigenvalue weighted by Gasteiger charge is 2.48. The summed E-state index contributed by atoms with van der Waals surface area (Å²) in [5.41, 5.74) is 0.620. The van der Waals surface area contributed by atoms with Crippen LogP contribution in [-0.2, 0) is 36.3 Å². The van der Waals surface area contributed by atoms with Crippen molar-refractivity contribution in [1.29, 1.82) is 0 Å². The molecule has 4 aliphatic rings. The molecule has 1 aliphatic carbocycles. The van der Waals surface area contributed by atoms with Gasteiger partial charge in [0.1, 0.15) is 17.8 Å². The summed E-state index contributed by atoms with van der Waals surface area (Å²) in [6.45, 7) is 9.84. The standard InChI is InChI=1S/C36H43F3N6O3/c1-23-16-35(17-23,18-30-41-40-22-42(30)5)24-7-6-8-25(13-24)45-19-28-27(31(45)46)14-26(15-29(28)36(37,38)39)44-20-34(21-44)9-11-43(12-10-34)32(47)48-33(2,3)4/h6-8,13-15,22-23H,9-12,16-21H2,1-5H3. The van der Waals surface area contributed by atoms with Crippen LogP contribution in [0, 0.1) is 11.3 Å². The second-order valence-electron chi connectivity index (χ2n) is 15.6. The Morgan fingerprint density at radius 2 is 1.75 bits per heavy atom. The molecule has 0 radical (unpaired) electrons. The molecule has 1 spiro atoms. The summed E-state index contributed by atoms with van der Waals surface area (Å²) >= 11 is 0. The second-order valence-corrected chi connectivity index (χ2v) is 15.6. The normalized spacial score (nSPS) is 23.6. The molecular weight excluding hydrogens is 621 g/mol. The Morgan fingerprint density at radius 1 is 1.04 bits per heavy atom. The number of ether oxygens (including phenoxy) is 1. The lowest BCUT2D eigenvalue weighted by Gasteiger charge is -2.55. The molecule has 2 aromatic carbocycles. The number of alkyl halides is 3. The van der Waals surface area contributed by atoms with Gasteiger partial charge in [-0.2, -0.15) is 13.2 Å². The number of carbonyl (C=O) groups excluding carboxylic acids is 2. The van der Waals surface area contributed by atoms with Gasteiger partial charge in [-0.3, -0.25) is 4.79 Å². The highest BCUT2D eigenvalue weighted by atomic mass is 19.4. The van der Waals surface area contributed by atoms with Gasteiger partial charge in [-0.25, -0.2) is 4.79 Å². The maximum atomic E-state index is 14.6. The largest absolute Gasteiger partial charge is 0.444 e. The van der Waals surface area contributed by atoms with Gasteiger partial charge in [-0.05, 0) is 87.8 Å². The SMILES string of the molecule is CC1CC(Cc2nncn2C)(c2cccc(N3Cc4c(cc(N5CC6(CCN(C(=O)OC(C)(C)C)CC6)C5)cc4C(F)(F)F)C3=O)c2)C1. The molecule has 7 rings (SSSR count). The van der Waals surface area contributed by atoms with E-state index in [1.165, 1.54) is 11.0 Å². The molecule has 1 aromatic heterocycles. The number of nitrogens with zero attached hydrogens (tertiary/aromatic N) is 6. The number of amides is 2. The van der Waals surface area contributed by atoms with E-state index in [1.54, 1.807) is 17.3 Å². The van der Waals surface area contributed by atoms with E-state index in [0.717, 1.165) is 37.1 Å². The van der Waals surface area contributed by atoms with Crippen molar-refractivity contribution >= 4 is 23.4 Å². The maximum absolute atomic E-state index is 14.6. The predicted molar refractivity (Wildman–Crippen MR) is 175 cm³/mol. The Bertz CT molecular complexity index is 1740. The van der Waals surface area contributed by atoms with Crippen LogP contribution in [0.15, 0.2) is 42.7 Å². The Balaban J connectivity index is 1.10. The smallest absolute Gasteiger partial charge is 0.416 e. The van der Waals surface area contributed by atoms with Gasteiger partial charge in [0.2, 0.25) is 0 Å². The number of hydrogen-bond acceptors (Lipinski definition) is 6. The number of hydrogen-bond donors (Lipinski definition) is 0. The minimum atomic E-state index is -4.61. The third kappa shape index (κ3) is 5.81. The third-order valence-corrected chi connectivity index (χ3v) is 10.8. The molecule has 256 valence electrons. The monoisotopic (exact) mass is 664 g/mol. The van der Waals surface area contributed by atoms with E-state index in [0.29, 0.717) is 49.9 Å². The second kappa shape index (κ2) is 11.2. The average Bonchev–Trinajstić information content (AvgIpc) is 3.54. The summed E-state index contributed by atoms with van der Waals surface area (Å²) in [4.78, 5) is 31.6. The summed E-state index contributed by atoms with van der Waals surface area (Å²) in [6, 6.07) is 10.6. The van der Waals surface area contributed by atoms with Crippen LogP contribution >= 0.6 is 0 Å². The number of likely N-dealkylation sites (tertiary alicyclic amines) is 1. The molecule has 48 heavy (non-hydrogen) atoms. The number of halogens is 3. The van der Waals surface area contributed by atoms with E-state index >= 15 is 0 Å². The first-order valence-corrected chi connectivity index (χ1v) is 16.8. The van der Waals surface area contributed by atoms with E-state index in [9.17, 15) is 22.8 Å². The van der Waals surface area contributed by atoms with Gasteiger partial charge in [0, 0.05) is 67.4 Å². The van der Waals surface area contributed by atoms with E-state index in [1.807, 2.05) is 55.5 Å². The molecule has 2 saturated heterocycles. The lowest BCUT2D eigenvalue weighted by Crippen LogP contribution is -2.61. The van der Waals surface area contributed by atoms with Crippen LogP contribution in [0.1, 0.15) is 86.3 Å². The number of fused-ring (bicyclic) bond motifs is 1. The van der Waals surface area contributed by atoms with Crippen LogP contribution in [0.25, 0.3) is 0 Å². The van der Waals surface area contributed by atoms with Gasteiger partial charge in [-0.15, -0.1) is 10.2 Å². The third-order valence-electron chi connectivity index (χ3n) is 10.8. The highest BCUT2D eigenvalue weighted by Crippen LogP contribution is 2.51. The summed E-state index contributed by atoms with van der Waals surface area (Å²) in [7, 11) is 1.92. The Hall–Kier alpha value is -4.09. The first kappa shape index (κ1) is 32.5. The minimum Gasteiger partial charge on any atom is -0.444 e. The minimum absolute atomic E-state index is 0.0219. The zero-order valence-corrected chi connectivity index (χ0v) is 28.2. The van der Waals surface area contributed by atoms with Gasteiger partial charge in [0.25, 0.3) is 5.91 Å². The predicted octanol–water partition coefficient (Wildman–Crippen LogP) is 6.74. The number of rotatable bonds is 5. The van der Waals surface area contributed by atoms with E-state index in [2.05, 4.69) is 23.2 Å². The number of carbonyl (C=O) groups is 2. The first-order valence-electron chi connectivity index (χ1n) is 16.8. The van der Waals surface area contributed by atoms with Crippen molar-refractivity contribution in [2.45, 2.75) is 83.5 Å². The zero-order valence-electron chi connectivity index (χ0n) is 28.2. The maximum Gasteiger partial charge on any atom is 0.416 e. The number of anilines is 2. The fourth-order valence-electron chi connectivity index (χ4n) is 8.32. The summed E-state index contributed by atoms with van der Waals surface area (Å²) in [5, 5.41) is 8.34. The van der Waals surface area contributed by atoms with Crippen molar-refractivity contribution in [3.8, 4) is 0 Å². The van der Waals surface area contributed by atoms with Crippen molar-refractivity contribution in [1.82, 2.24) is 19.7 Å². The van der Waals surface area contributed by atoms with Crippen LogP contribution in [0.2, 0.25) is 0 Å². The molecule has 3 fully saturated rings. The Morgan fingerprint density at radius 3 is 2.35 bits per heavy atom. The molecule has 3 aromatic rings. The number of aromatic nitrogens is 3. The van der Waals surface area contributed by atoms with Crippen LogP contribution in [0.3, 0.4) is 0 Å². The van der Waals surface area contributed by atoms with Crippen molar-refractivity contribution in [2.24, 2.45) is 18.4 Å². The van der Waals surface area contributed by atoms with Crippen LogP contribution < -0.4 is 9.80 Å². The summed E-state index contributed by atoms with van der Waals surface area (Å²) in [6.07, 6.45) is 0.845. The zero-order chi connectivity index (χ0) is 34.2. The molecule has 2 amide bonds. The molecule has 0 atom stereocenters. The van der Waals surface area contributed by atoms with E-state index in [4.69, 9.17) is 4.74 Å². The molecule has 0 bridgehead atoms. The van der Waals surface area contributed by atoms with Gasteiger partial charge in [-0.1, -0.05) is 19.1 Å². The number of benzene rings is 2. The van der Waals surface area contributed by atoms with Crippen LogP contribution in [-0.4, -0.2) is 63.4 Å². The molecule has 0 unspecified atom stereocenters. The summed E-state index contributed by atoms with van der Waals surface area (Å²) in [5.74, 6) is 0.992. The van der Waals surface area contributed by atoms with Gasteiger partial charge in [0.15, 0.2) is 0 Å². The van der Waals surface area contributed by atoms with E-state index in [-0.39, 0.29) is 34.6 Å². The molecule has 3 aliphatic heterocycles. The van der Waals surface area contributed by atoms with Gasteiger partial charge >= 0.3 is 12.3 Å². The van der Waals surface area contributed by atoms with Crippen LogP contribution in [0.5, 0.6) is 0 Å². The first-order chi connectivity index (χ1) is 22.5. The molecule has 0 N–H and O–H groups in total. The van der Waals surface area contributed by atoms with Crippen molar-refractivity contribution in [3.05, 3.63) is 70.8 Å². The lowest BCUT2D eigenvalue weighted by atomic mass is 9.57. The fourth-order valence-corrected chi connectivity index (χ4v) is 8.32. The number of piperidine rings is 1. The van der Waals surface area contributed by atoms with E-state index < -0.39 is 23.2 Å². The molecular formula is C36H43F3N6O3. The quantitative estimate of drug-likeness (QED) is 0.301. The van der Waals surface area contributed by atoms with Crippen molar-refractivity contribution in [2.75, 3.05) is 36.0 Å². The van der Waals surface area contributed by atoms with Gasteiger partial charge < -0.3 is 24.0 Å². The Kier molecular flexibility index (Phi) is 7.60. The Labute approximate surface area is 279 Å². The molecule has 1 saturated carbocycles. The van der Waals surface area contributed by atoms with Crippen LogP contribution in [0.4, 0.5) is 29.3 Å². The van der Waals surface area contributed by atoms with Crippen molar-refractivity contribution in [3.63, 3.8) is 0 Å². The lowest BCUT2D eigenvalue weighted by molar-refractivity contribution is -0.138. The molecule has 12 heteroatoms. The topological polar surface area (TPSA) is 83.8 Å². The van der Waals surface area contributed by atoms with Gasteiger partial charge in [0.05, 0.1) is 12.1 Å². The fraction of sp³-hybridized carbons (Fsp3) is 0.556. The number of aryl methyl sites for hydroxylation is 1. The highest BCUT2D eigenvalue weighted by molar-refractivity contribution is 6.11. The molecule has 9 nitrogen and oxygen atoms in total. The van der Waals surface area contributed by atoms with Crippen molar-refractivity contribution < 1.29 is 27.5 Å².